The third kappa shape index (κ3) is 3.77. The summed E-state index contributed by atoms with van der Waals surface area (Å²) in [6.45, 7) is 4.68. The van der Waals surface area contributed by atoms with E-state index < -0.39 is 0 Å². The second kappa shape index (κ2) is 9.23. The van der Waals surface area contributed by atoms with Crippen LogP contribution in [0.1, 0.15) is 18.4 Å². The number of anilines is 3. The van der Waals surface area contributed by atoms with Gasteiger partial charge in [-0.05, 0) is 24.3 Å². The molecule has 5 rings (SSSR count). The average Bonchev–Trinajstić information content (AvgIpc) is 2.92. The molecular weight excluding hydrogens is 458 g/mol. The maximum absolute atomic E-state index is 13.7. The summed E-state index contributed by atoms with van der Waals surface area (Å²) in [5.74, 6) is 3.87. The molecule has 0 radical (unpaired) electrons. The maximum Gasteiger partial charge on any atom is 0.334 e. The highest BCUT2D eigenvalue weighted by molar-refractivity contribution is 6.22. The van der Waals surface area contributed by atoms with Gasteiger partial charge in [0.05, 0.1) is 23.7 Å². The number of benzene rings is 2. The number of likely N-dealkylation sites (tertiary alicyclic amines) is 1. The molecule has 3 aromatic rings. The fourth-order valence-corrected chi connectivity index (χ4v) is 4.69. The summed E-state index contributed by atoms with van der Waals surface area (Å²) in [7, 11) is 3.24. The van der Waals surface area contributed by atoms with Crippen molar-refractivity contribution in [3.63, 3.8) is 0 Å². The summed E-state index contributed by atoms with van der Waals surface area (Å²) in [5, 5.41) is 0.667. The van der Waals surface area contributed by atoms with Crippen molar-refractivity contribution in [1.29, 1.82) is 0 Å². The van der Waals surface area contributed by atoms with Crippen LogP contribution >= 0.6 is 0 Å². The van der Waals surface area contributed by atoms with E-state index in [-0.39, 0.29) is 18.0 Å². The van der Waals surface area contributed by atoms with Gasteiger partial charge < -0.3 is 14.4 Å². The highest BCUT2D eigenvalue weighted by Crippen LogP contribution is 2.50. The SMILES string of the molecule is C#Cc1cccc(N2C(=O)N(C)c3c(OC4CCN(C(=O)C=C)CC4)c(OC)cc4ncnc2c34)c1. The number of nitrogens with zero attached hydrogens (tertiary/aromatic N) is 5. The number of carbonyl (C=O) groups excluding carboxylic acids is 2. The van der Waals surface area contributed by atoms with Crippen molar-refractivity contribution in [3.05, 3.63) is 54.9 Å². The summed E-state index contributed by atoms with van der Waals surface area (Å²) in [6, 6.07) is 8.65. The van der Waals surface area contributed by atoms with Crippen LogP contribution in [0.5, 0.6) is 11.5 Å². The topological polar surface area (TPSA) is 88.1 Å². The monoisotopic (exact) mass is 483 g/mol. The third-order valence-corrected chi connectivity index (χ3v) is 6.53. The number of aromatic nitrogens is 2. The van der Waals surface area contributed by atoms with E-state index in [0.717, 1.165) is 0 Å². The van der Waals surface area contributed by atoms with Gasteiger partial charge >= 0.3 is 6.03 Å². The molecule has 9 nitrogen and oxygen atoms in total. The van der Waals surface area contributed by atoms with E-state index in [4.69, 9.17) is 15.9 Å². The largest absolute Gasteiger partial charge is 0.493 e. The number of hydrogen-bond donors (Lipinski definition) is 0. The lowest BCUT2D eigenvalue weighted by atomic mass is 10.1. The Balaban J connectivity index is 1.61. The molecule has 2 aliphatic rings. The van der Waals surface area contributed by atoms with Crippen molar-refractivity contribution < 1.29 is 19.1 Å². The number of hydrogen-bond acceptors (Lipinski definition) is 6. The maximum atomic E-state index is 13.7. The summed E-state index contributed by atoms with van der Waals surface area (Å²) in [4.78, 5) is 39.4. The molecule has 182 valence electrons. The minimum atomic E-state index is -0.318. The molecule has 2 aliphatic heterocycles. The van der Waals surface area contributed by atoms with E-state index in [1.54, 1.807) is 43.3 Å². The van der Waals surface area contributed by atoms with Crippen molar-refractivity contribution in [2.75, 3.05) is 37.0 Å². The molecule has 0 spiro atoms. The Kier molecular flexibility index (Phi) is 5.94. The van der Waals surface area contributed by atoms with Crippen LogP contribution in [-0.4, -0.2) is 60.2 Å². The number of piperidine rings is 1. The Morgan fingerprint density at radius 1 is 1.25 bits per heavy atom. The second-order valence-corrected chi connectivity index (χ2v) is 8.57. The Morgan fingerprint density at radius 2 is 2.03 bits per heavy atom. The zero-order valence-corrected chi connectivity index (χ0v) is 20.1. The van der Waals surface area contributed by atoms with E-state index in [1.165, 1.54) is 22.2 Å². The quantitative estimate of drug-likeness (QED) is 0.404. The van der Waals surface area contributed by atoms with Gasteiger partial charge in [-0.1, -0.05) is 18.6 Å². The zero-order valence-electron chi connectivity index (χ0n) is 20.1. The molecule has 0 bridgehead atoms. The molecule has 3 heterocycles. The fourth-order valence-electron chi connectivity index (χ4n) is 4.69. The molecule has 1 aromatic heterocycles. The van der Waals surface area contributed by atoms with E-state index in [0.29, 0.717) is 71.1 Å². The number of amides is 3. The van der Waals surface area contributed by atoms with Gasteiger partial charge in [0.15, 0.2) is 17.3 Å². The van der Waals surface area contributed by atoms with Crippen molar-refractivity contribution in [2.24, 2.45) is 0 Å². The number of urea groups is 1. The first-order valence-corrected chi connectivity index (χ1v) is 11.5. The van der Waals surface area contributed by atoms with E-state index in [1.807, 2.05) is 6.07 Å². The Morgan fingerprint density at radius 3 is 2.72 bits per heavy atom. The molecule has 0 N–H and O–H groups in total. The lowest BCUT2D eigenvalue weighted by Crippen LogP contribution is -2.43. The van der Waals surface area contributed by atoms with Gasteiger partial charge in [0.2, 0.25) is 5.91 Å². The van der Waals surface area contributed by atoms with Crippen LogP contribution in [0.2, 0.25) is 0 Å². The van der Waals surface area contributed by atoms with Gasteiger partial charge in [-0.3, -0.25) is 9.69 Å². The van der Waals surface area contributed by atoms with Gasteiger partial charge in [-0.15, -0.1) is 6.42 Å². The van der Waals surface area contributed by atoms with Crippen molar-refractivity contribution in [1.82, 2.24) is 14.9 Å². The van der Waals surface area contributed by atoms with Crippen LogP contribution in [0.25, 0.3) is 10.9 Å². The smallest absolute Gasteiger partial charge is 0.334 e. The number of terminal acetylenes is 1. The lowest BCUT2D eigenvalue weighted by Gasteiger charge is -2.37. The van der Waals surface area contributed by atoms with Crippen molar-refractivity contribution >= 4 is 40.0 Å². The third-order valence-electron chi connectivity index (χ3n) is 6.53. The standard InChI is InChI=1S/C27H25N5O4/c1-5-17-8-7-9-18(14-17)32-26-23-20(28-16-29-26)15-21(35-4)25(24(23)30(3)27(32)34)36-19-10-12-31(13-11-19)22(33)6-2/h1,6-9,14-16,19H,2,10-13H2,3-4H3. The van der Waals surface area contributed by atoms with Crippen LogP contribution in [-0.2, 0) is 4.79 Å². The molecule has 9 heteroatoms. The highest BCUT2D eigenvalue weighted by Gasteiger charge is 2.37. The van der Waals surface area contributed by atoms with Crippen LogP contribution < -0.4 is 19.3 Å². The highest BCUT2D eigenvalue weighted by atomic mass is 16.5. The van der Waals surface area contributed by atoms with E-state index in [9.17, 15) is 9.59 Å². The van der Waals surface area contributed by atoms with Gasteiger partial charge in [-0.2, -0.15) is 0 Å². The van der Waals surface area contributed by atoms with Crippen LogP contribution in [0.4, 0.5) is 22.0 Å². The molecule has 0 atom stereocenters. The van der Waals surface area contributed by atoms with Gasteiger partial charge in [0, 0.05) is 44.6 Å². The first kappa shape index (κ1) is 23.2. The summed E-state index contributed by atoms with van der Waals surface area (Å²) in [6.07, 6.45) is 9.45. The average molecular weight is 484 g/mol. The fraction of sp³-hybridized carbons (Fsp3) is 0.259. The number of ether oxygens (including phenoxy) is 2. The molecule has 2 aromatic carbocycles. The van der Waals surface area contributed by atoms with Crippen molar-refractivity contribution in [3.8, 4) is 23.8 Å². The van der Waals surface area contributed by atoms with E-state index in [2.05, 4.69) is 22.5 Å². The normalized spacial score (nSPS) is 15.6. The number of rotatable bonds is 5. The molecule has 1 fully saturated rings. The summed E-state index contributed by atoms with van der Waals surface area (Å²) < 4.78 is 12.1. The Labute approximate surface area is 208 Å². The summed E-state index contributed by atoms with van der Waals surface area (Å²) >= 11 is 0. The molecular formula is C27H25N5O4. The first-order chi connectivity index (χ1) is 17.5. The van der Waals surface area contributed by atoms with Crippen LogP contribution in [0.3, 0.4) is 0 Å². The van der Waals surface area contributed by atoms with E-state index >= 15 is 0 Å². The predicted molar refractivity (Wildman–Crippen MR) is 137 cm³/mol. The van der Waals surface area contributed by atoms with Gasteiger partial charge in [0.1, 0.15) is 18.1 Å². The molecule has 0 unspecified atom stereocenters. The van der Waals surface area contributed by atoms with Crippen molar-refractivity contribution in [2.45, 2.75) is 18.9 Å². The molecule has 1 saturated heterocycles. The van der Waals surface area contributed by atoms with Crippen LogP contribution in [0.15, 0.2) is 49.3 Å². The lowest BCUT2D eigenvalue weighted by molar-refractivity contribution is -0.127. The molecule has 3 amide bonds. The Hall–Kier alpha value is -4.58. The predicted octanol–water partition coefficient (Wildman–Crippen LogP) is 3.88. The second-order valence-electron chi connectivity index (χ2n) is 8.57. The van der Waals surface area contributed by atoms with Gasteiger partial charge in [-0.25, -0.2) is 19.7 Å². The minimum absolute atomic E-state index is 0.0899. The first-order valence-electron chi connectivity index (χ1n) is 11.5. The van der Waals surface area contributed by atoms with Gasteiger partial charge in [0.25, 0.3) is 0 Å². The number of carbonyl (C=O) groups is 2. The molecule has 0 aliphatic carbocycles. The number of methoxy groups -OCH3 is 1. The van der Waals surface area contributed by atoms with Crippen LogP contribution in [0, 0.1) is 12.3 Å². The Bertz CT molecular complexity index is 1420. The zero-order chi connectivity index (χ0) is 25.4. The molecule has 36 heavy (non-hydrogen) atoms. The minimum Gasteiger partial charge on any atom is -0.493 e. The summed E-state index contributed by atoms with van der Waals surface area (Å²) in [5.41, 5.74) is 2.41. The molecule has 0 saturated carbocycles.